The van der Waals surface area contributed by atoms with Crippen LogP contribution >= 0.6 is 39.1 Å². The quantitative estimate of drug-likeness (QED) is 0.302. The van der Waals surface area contributed by atoms with Crippen molar-refractivity contribution in [2.45, 2.75) is 11.7 Å². The number of Topliss-reactive ketones (excluding diaryl/α,β-unsaturated/α-hetero) is 2. The molecule has 0 aromatic heterocycles. The highest BCUT2D eigenvalue weighted by Crippen LogP contribution is 2.58. The number of hydrogen-bond donors (Lipinski definition) is 0. The van der Waals surface area contributed by atoms with Crippen LogP contribution in [0.25, 0.3) is 0 Å². The third-order valence-electron chi connectivity index (χ3n) is 6.87. The van der Waals surface area contributed by atoms with E-state index in [1.165, 1.54) is 30.3 Å². The first-order valence-electron chi connectivity index (χ1n) is 10.7. The van der Waals surface area contributed by atoms with Crippen LogP contribution in [0, 0.1) is 11.8 Å². The molecule has 0 unspecified atom stereocenters. The third-order valence-corrected chi connectivity index (χ3v) is 7.93. The van der Waals surface area contributed by atoms with E-state index >= 15 is 0 Å². The third kappa shape index (κ3) is 2.99. The molecule has 0 bridgehead atoms. The predicted octanol–water partition coefficient (Wildman–Crippen LogP) is 5.45. The van der Waals surface area contributed by atoms with Gasteiger partial charge in [-0.05, 0) is 35.9 Å². The van der Waals surface area contributed by atoms with Crippen molar-refractivity contribution >= 4 is 68.2 Å². The van der Waals surface area contributed by atoms with Crippen molar-refractivity contribution in [3.05, 3.63) is 97.9 Å². The summed E-state index contributed by atoms with van der Waals surface area (Å²) in [6, 6.07) is 17.8. The number of halogens is 3. The first-order chi connectivity index (χ1) is 16.8. The molecule has 174 valence electrons. The number of benzene rings is 3. The van der Waals surface area contributed by atoms with Crippen molar-refractivity contribution in [2.24, 2.45) is 11.8 Å². The zero-order chi connectivity index (χ0) is 24.6. The number of anilines is 1. The molecule has 1 spiro atoms. The van der Waals surface area contributed by atoms with Crippen molar-refractivity contribution in [1.82, 2.24) is 0 Å². The van der Waals surface area contributed by atoms with Crippen LogP contribution in [0.4, 0.5) is 5.69 Å². The Morgan fingerprint density at radius 2 is 1.46 bits per heavy atom. The maximum atomic E-state index is 13.9. The Bertz CT molecular complexity index is 1440. The van der Waals surface area contributed by atoms with Crippen LogP contribution in [0.15, 0.2) is 71.2 Å². The number of carbonyl (C=O) groups excluding carboxylic acids is 4. The summed E-state index contributed by atoms with van der Waals surface area (Å²) in [5.41, 5.74) is -1.07. The molecule has 3 aliphatic rings. The molecule has 0 radical (unpaired) electrons. The molecule has 9 heteroatoms. The maximum absolute atomic E-state index is 13.9. The Balaban J connectivity index is 1.55. The van der Waals surface area contributed by atoms with Gasteiger partial charge in [0.2, 0.25) is 29.0 Å². The van der Waals surface area contributed by atoms with Gasteiger partial charge in [0.15, 0.2) is 0 Å². The monoisotopic (exact) mass is 569 g/mol. The first-order valence-corrected chi connectivity index (χ1v) is 12.3. The molecule has 2 aliphatic heterocycles. The van der Waals surface area contributed by atoms with Gasteiger partial charge < -0.3 is 4.74 Å². The molecule has 2 heterocycles. The lowest BCUT2D eigenvalue weighted by Crippen LogP contribution is -2.51. The number of fused-ring (bicyclic) bond motifs is 3. The molecule has 6 rings (SSSR count). The Labute approximate surface area is 217 Å². The highest BCUT2D eigenvalue weighted by molar-refractivity contribution is 9.10. The van der Waals surface area contributed by atoms with Crippen molar-refractivity contribution in [3.8, 4) is 0 Å². The number of hydrogen-bond acceptors (Lipinski definition) is 5. The zero-order valence-electron chi connectivity index (χ0n) is 17.7. The van der Waals surface area contributed by atoms with E-state index in [2.05, 4.69) is 15.9 Å². The summed E-state index contributed by atoms with van der Waals surface area (Å²) in [6.45, 7) is 0. The summed E-state index contributed by atoms with van der Waals surface area (Å²) in [5.74, 6) is -4.97. The number of carbonyl (C=O) groups is 4. The summed E-state index contributed by atoms with van der Waals surface area (Å²) in [7, 11) is 0. The lowest BCUT2D eigenvalue weighted by atomic mass is 9.77. The molecule has 2 amide bonds. The number of imide groups is 1. The summed E-state index contributed by atoms with van der Waals surface area (Å²) in [5, 5.41) is 0.434. The van der Waals surface area contributed by atoms with E-state index in [0.717, 1.165) is 9.37 Å². The molecule has 1 aliphatic carbocycles. The highest BCUT2D eigenvalue weighted by Gasteiger charge is 2.74. The van der Waals surface area contributed by atoms with E-state index in [1.54, 1.807) is 36.4 Å². The molecule has 6 nitrogen and oxygen atoms in total. The summed E-state index contributed by atoms with van der Waals surface area (Å²) in [6.07, 6.45) is -0.997. The standard InChI is InChI=1S/C26H14BrCl2NO5/c27-13-7-5-12(6-8-13)21-19-20(25(34)30(24(19)33)18-10-9-14(28)11-17(18)29)26(35-21)22(31)15-3-1-2-4-16(15)23(26)32/h1-11,19-21H/t19-,20-,21-/m0/s1. The maximum Gasteiger partial charge on any atom is 0.241 e. The number of ether oxygens (including phenoxy) is 1. The van der Waals surface area contributed by atoms with E-state index in [1.807, 2.05) is 0 Å². The number of rotatable bonds is 2. The zero-order valence-corrected chi connectivity index (χ0v) is 20.8. The molecule has 3 aromatic rings. The molecule has 2 saturated heterocycles. The van der Waals surface area contributed by atoms with Crippen LogP contribution in [0.2, 0.25) is 10.0 Å². The van der Waals surface area contributed by atoms with E-state index < -0.39 is 46.9 Å². The predicted molar refractivity (Wildman–Crippen MR) is 132 cm³/mol. The molecular formula is C26H14BrCl2NO5. The van der Waals surface area contributed by atoms with Crippen LogP contribution in [-0.4, -0.2) is 29.0 Å². The van der Waals surface area contributed by atoms with E-state index in [-0.39, 0.29) is 21.8 Å². The molecule has 0 saturated carbocycles. The Morgan fingerprint density at radius 1 is 0.829 bits per heavy atom. The van der Waals surface area contributed by atoms with E-state index in [4.69, 9.17) is 27.9 Å². The number of ketones is 2. The van der Waals surface area contributed by atoms with E-state index in [9.17, 15) is 19.2 Å². The van der Waals surface area contributed by atoms with Gasteiger partial charge in [0.25, 0.3) is 0 Å². The van der Waals surface area contributed by atoms with Crippen LogP contribution in [0.1, 0.15) is 32.4 Å². The van der Waals surface area contributed by atoms with Crippen molar-refractivity contribution in [2.75, 3.05) is 4.90 Å². The second-order valence-corrected chi connectivity index (χ2v) is 10.4. The van der Waals surface area contributed by atoms with Gasteiger partial charge in [0.05, 0.1) is 28.6 Å². The molecule has 3 atom stereocenters. The van der Waals surface area contributed by atoms with Gasteiger partial charge in [0.1, 0.15) is 0 Å². The molecular weight excluding hydrogens is 557 g/mol. The van der Waals surface area contributed by atoms with Gasteiger partial charge in [-0.25, -0.2) is 4.90 Å². The lowest BCUT2D eigenvalue weighted by Gasteiger charge is -2.27. The average Bonchev–Trinajstić information content (AvgIpc) is 3.40. The Morgan fingerprint density at radius 3 is 2.06 bits per heavy atom. The summed E-state index contributed by atoms with van der Waals surface area (Å²) >= 11 is 15.7. The molecule has 3 aromatic carbocycles. The van der Waals surface area contributed by atoms with Gasteiger partial charge in [0, 0.05) is 20.6 Å². The Hall–Kier alpha value is -2.84. The average molecular weight is 571 g/mol. The van der Waals surface area contributed by atoms with Crippen molar-refractivity contribution in [1.29, 1.82) is 0 Å². The first kappa shape index (κ1) is 22.6. The summed E-state index contributed by atoms with van der Waals surface area (Å²) < 4.78 is 7.05. The van der Waals surface area contributed by atoms with Gasteiger partial charge in [-0.15, -0.1) is 0 Å². The normalized spacial score (nSPS) is 24.4. The second kappa shape index (κ2) is 7.83. The van der Waals surface area contributed by atoms with Gasteiger partial charge in [-0.2, -0.15) is 0 Å². The highest BCUT2D eigenvalue weighted by atomic mass is 79.9. The lowest BCUT2D eigenvalue weighted by molar-refractivity contribution is -0.127. The fraction of sp³-hybridized carbons (Fsp3) is 0.154. The van der Waals surface area contributed by atoms with Crippen molar-refractivity contribution < 1.29 is 23.9 Å². The van der Waals surface area contributed by atoms with Crippen LogP contribution in [0.5, 0.6) is 0 Å². The van der Waals surface area contributed by atoms with E-state index in [0.29, 0.717) is 10.6 Å². The minimum atomic E-state index is -2.13. The second-order valence-electron chi connectivity index (χ2n) is 8.64. The summed E-state index contributed by atoms with van der Waals surface area (Å²) in [4.78, 5) is 56.1. The van der Waals surface area contributed by atoms with Crippen molar-refractivity contribution in [3.63, 3.8) is 0 Å². The largest absolute Gasteiger partial charge is 0.349 e. The van der Waals surface area contributed by atoms with Gasteiger partial charge in [-0.1, -0.05) is 75.5 Å². The topological polar surface area (TPSA) is 80.8 Å². The molecule has 35 heavy (non-hydrogen) atoms. The van der Waals surface area contributed by atoms with Crippen LogP contribution in [0.3, 0.4) is 0 Å². The van der Waals surface area contributed by atoms with Gasteiger partial charge >= 0.3 is 0 Å². The van der Waals surface area contributed by atoms with Crippen LogP contribution < -0.4 is 4.90 Å². The SMILES string of the molecule is O=C1[C@H]2[C@@H](C(=O)N1c1ccc(Cl)cc1Cl)C1(O[C@H]2c2ccc(Br)cc2)C(=O)c2ccccc2C1=O. The minimum Gasteiger partial charge on any atom is -0.349 e. The fourth-order valence-corrected chi connectivity index (χ4v) is 6.13. The number of amides is 2. The Kier molecular flexibility index (Phi) is 5.06. The van der Waals surface area contributed by atoms with Crippen LogP contribution in [-0.2, 0) is 14.3 Å². The smallest absolute Gasteiger partial charge is 0.241 e. The number of nitrogens with zero attached hydrogens (tertiary/aromatic N) is 1. The fourth-order valence-electron chi connectivity index (χ4n) is 5.37. The van der Waals surface area contributed by atoms with Gasteiger partial charge in [-0.3, -0.25) is 19.2 Å². The molecule has 0 N–H and O–H groups in total. The minimum absolute atomic E-state index is 0.0988. The molecule has 2 fully saturated rings.